The van der Waals surface area contributed by atoms with E-state index in [0.29, 0.717) is 18.9 Å². The van der Waals surface area contributed by atoms with Gasteiger partial charge in [0.1, 0.15) is 11.1 Å². The van der Waals surface area contributed by atoms with Gasteiger partial charge in [-0.05, 0) is 12.3 Å². The van der Waals surface area contributed by atoms with E-state index in [9.17, 15) is 4.79 Å². The summed E-state index contributed by atoms with van der Waals surface area (Å²) < 4.78 is 5.52. The lowest BCUT2D eigenvalue weighted by molar-refractivity contribution is -0.128. The Morgan fingerprint density at radius 3 is 2.90 bits per heavy atom. The van der Waals surface area contributed by atoms with Crippen LogP contribution in [-0.4, -0.2) is 23.5 Å². The van der Waals surface area contributed by atoms with E-state index >= 15 is 0 Å². The van der Waals surface area contributed by atoms with E-state index in [2.05, 4.69) is 11.9 Å². The van der Waals surface area contributed by atoms with Crippen LogP contribution in [0.2, 0.25) is 0 Å². The molecular weight excluding hydrogens is 270 g/mol. The van der Waals surface area contributed by atoms with Gasteiger partial charge in [0.25, 0.3) is 0 Å². The number of ether oxygens (including phenoxy) is 1. The Balaban J connectivity index is 1.70. The Labute approximate surface area is 122 Å². The van der Waals surface area contributed by atoms with Crippen LogP contribution in [-0.2, 0) is 16.0 Å². The van der Waals surface area contributed by atoms with E-state index in [1.807, 2.05) is 35.7 Å². The summed E-state index contributed by atoms with van der Waals surface area (Å²) in [5.74, 6) is 0.486. The van der Waals surface area contributed by atoms with Crippen LogP contribution >= 0.6 is 11.3 Å². The Kier molecular flexibility index (Phi) is 3.94. The number of thiazole rings is 1. The molecule has 20 heavy (non-hydrogen) atoms. The van der Waals surface area contributed by atoms with Gasteiger partial charge in [-0.1, -0.05) is 37.3 Å². The number of hydrogen-bond acceptors (Lipinski definition) is 4. The lowest BCUT2D eigenvalue weighted by Gasteiger charge is -2.11. The fourth-order valence-corrected chi connectivity index (χ4v) is 3.30. The first-order valence-electron chi connectivity index (χ1n) is 6.88. The largest absolute Gasteiger partial charge is 0.370 e. The molecule has 0 aliphatic carbocycles. The maximum Gasteiger partial charge on any atom is 0.168 e. The second-order valence-corrected chi connectivity index (χ2v) is 6.14. The summed E-state index contributed by atoms with van der Waals surface area (Å²) in [6, 6.07) is 10.0. The van der Waals surface area contributed by atoms with Crippen molar-refractivity contribution in [2.24, 2.45) is 5.92 Å². The van der Waals surface area contributed by atoms with Gasteiger partial charge in [-0.15, -0.1) is 11.3 Å². The monoisotopic (exact) mass is 287 g/mol. The van der Waals surface area contributed by atoms with Crippen molar-refractivity contribution in [3.8, 4) is 11.3 Å². The van der Waals surface area contributed by atoms with Gasteiger partial charge in [0.15, 0.2) is 5.78 Å². The van der Waals surface area contributed by atoms with E-state index in [1.54, 1.807) is 11.3 Å². The summed E-state index contributed by atoms with van der Waals surface area (Å²) in [6.45, 7) is 2.78. The third kappa shape index (κ3) is 2.81. The zero-order valence-electron chi connectivity index (χ0n) is 11.4. The van der Waals surface area contributed by atoms with Crippen molar-refractivity contribution in [2.75, 3.05) is 6.61 Å². The zero-order valence-corrected chi connectivity index (χ0v) is 12.2. The van der Waals surface area contributed by atoms with Crippen molar-refractivity contribution in [2.45, 2.75) is 25.9 Å². The van der Waals surface area contributed by atoms with Crippen molar-refractivity contribution in [1.82, 2.24) is 4.98 Å². The minimum Gasteiger partial charge on any atom is -0.370 e. The second-order valence-electron chi connectivity index (χ2n) is 5.19. The minimum absolute atomic E-state index is 0.156. The van der Waals surface area contributed by atoms with Gasteiger partial charge < -0.3 is 4.74 Å². The molecule has 1 aliphatic rings. The Morgan fingerprint density at radius 2 is 2.20 bits per heavy atom. The molecule has 0 N–H and O–H groups in total. The molecule has 4 heteroatoms. The van der Waals surface area contributed by atoms with E-state index in [1.165, 1.54) is 0 Å². The number of ketones is 1. The molecule has 1 aromatic heterocycles. The number of carbonyl (C=O) groups is 1. The van der Waals surface area contributed by atoms with Crippen molar-refractivity contribution in [1.29, 1.82) is 0 Å². The van der Waals surface area contributed by atoms with Gasteiger partial charge in [-0.25, -0.2) is 4.98 Å². The molecule has 2 atom stereocenters. The zero-order chi connectivity index (χ0) is 13.9. The SMILES string of the molecule is CC1CCOC1C(=O)Cc1nc(-c2ccccc2)cs1. The van der Waals surface area contributed by atoms with Crippen molar-refractivity contribution in [3.05, 3.63) is 40.7 Å². The summed E-state index contributed by atoms with van der Waals surface area (Å²) in [4.78, 5) is 16.8. The highest BCUT2D eigenvalue weighted by Gasteiger charge is 2.30. The van der Waals surface area contributed by atoms with Crippen LogP contribution in [0.3, 0.4) is 0 Å². The Morgan fingerprint density at radius 1 is 1.40 bits per heavy atom. The lowest BCUT2D eigenvalue weighted by atomic mass is 9.99. The smallest absolute Gasteiger partial charge is 0.168 e. The van der Waals surface area contributed by atoms with Crippen molar-refractivity contribution in [3.63, 3.8) is 0 Å². The summed E-state index contributed by atoms with van der Waals surface area (Å²) in [7, 11) is 0. The molecule has 0 saturated carbocycles. The molecule has 0 radical (unpaired) electrons. The van der Waals surface area contributed by atoms with Crippen molar-refractivity contribution < 1.29 is 9.53 Å². The highest BCUT2D eigenvalue weighted by Crippen LogP contribution is 2.25. The lowest BCUT2D eigenvalue weighted by Crippen LogP contribution is -2.26. The number of hydrogen-bond donors (Lipinski definition) is 0. The topological polar surface area (TPSA) is 39.2 Å². The fraction of sp³-hybridized carbons (Fsp3) is 0.375. The highest BCUT2D eigenvalue weighted by atomic mass is 32.1. The van der Waals surface area contributed by atoms with Crippen LogP contribution in [0.4, 0.5) is 0 Å². The van der Waals surface area contributed by atoms with Crippen LogP contribution in [0.25, 0.3) is 11.3 Å². The van der Waals surface area contributed by atoms with Gasteiger partial charge in [0, 0.05) is 17.6 Å². The summed E-state index contributed by atoms with van der Waals surface area (Å²) >= 11 is 1.55. The van der Waals surface area contributed by atoms with Crippen molar-refractivity contribution >= 4 is 17.1 Å². The first-order valence-corrected chi connectivity index (χ1v) is 7.76. The predicted octanol–water partition coefficient (Wildman–Crippen LogP) is 3.35. The normalized spacial score (nSPS) is 22.1. The first kappa shape index (κ1) is 13.5. The van der Waals surface area contributed by atoms with Crippen LogP contribution < -0.4 is 0 Å². The predicted molar refractivity (Wildman–Crippen MR) is 79.8 cm³/mol. The third-order valence-electron chi connectivity index (χ3n) is 3.65. The van der Waals surface area contributed by atoms with E-state index in [-0.39, 0.29) is 11.9 Å². The number of rotatable bonds is 4. The molecule has 1 aliphatic heterocycles. The summed E-state index contributed by atoms with van der Waals surface area (Å²) in [5.41, 5.74) is 2.03. The van der Waals surface area contributed by atoms with Gasteiger partial charge in [-0.3, -0.25) is 4.79 Å². The maximum absolute atomic E-state index is 12.2. The molecule has 1 fully saturated rings. The number of benzene rings is 1. The molecule has 0 bridgehead atoms. The molecule has 104 valence electrons. The average Bonchev–Trinajstić information content (AvgIpc) is 3.09. The number of Topliss-reactive ketones (excluding diaryl/α,β-unsaturated/α-hetero) is 1. The molecule has 0 spiro atoms. The van der Waals surface area contributed by atoms with E-state index in [0.717, 1.165) is 22.7 Å². The summed E-state index contributed by atoms with van der Waals surface area (Å²) in [5, 5.41) is 2.88. The van der Waals surface area contributed by atoms with Crippen LogP contribution in [0.15, 0.2) is 35.7 Å². The van der Waals surface area contributed by atoms with Gasteiger partial charge in [-0.2, -0.15) is 0 Å². The standard InChI is InChI=1S/C16H17NO2S/c1-11-7-8-19-16(11)14(18)9-15-17-13(10-20-15)12-5-3-2-4-6-12/h2-6,10-11,16H,7-9H2,1H3. The van der Waals surface area contributed by atoms with Crippen LogP contribution in [0, 0.1) is 5.92 Å². The molecule has 3 nitrogen and oxygen atoms in total. The van der Waals surface area contributed by atoms with Gasteiger partial charge in [0.05, 0.1) is 12.1 Å². The average molecular weight is 287 g/mol. The van der Waals surface area contributed by atoms with E-state index < -0.39 is 0 Å². The Hall–Kier alpha value is -1.52. The number of carbonyl (C=O) groups excluding carboxylic acids is 1. The molecule has 1 aromatic carbocycles. The molecule has 3 rings (SSSR count). The van der Waals surface area contributed by atoms with Crippen LogP contribution in [0.5, 0.6) is 0 Å². The molecule has 0 amide bonds. The molecular formula is C16H17NO2S. The Bertz CT molecular complexity index is 594. The maximum atomic E-state index is 12.2. The molecule has 2 heterocycles. The second kappa shape index (κ2) is 5.85. The summed E-state index contributed by atoms with van der Waals surface area (Å²) in [6.07, 6.45) is 1.12. The molecule has 1 saturated heterocycles. The van der Waals surface area contributed by atoms with Crippen LogP contribution in [0.1, 0.15) is 18.4 Å². The minimum atomic E-state index is -0.237. The fourth-order valence-electron chi connectivity index (χ4n) is 2.49. The van der Waals surface area contributed by atoms with Gasteiger partial charge >= 0.3 is 0 Å². The molecule has 2 unspecified atom stereocenters. The number of nitrogens with zero attached hydrogens (tertiary/aromatic N) is 1. The number of aromatic nitrogens is 1. The first-order chi connectivity index (χ1) is 9.74. The molecule has 2 aromatic rings. The quantitative estimate of drug-likeness (QED) is 0.865. The third-order valence-corrected chi connectivity index (χ3v) is 4.50. The van der Waals surface area contributed by atoms with E-state index in [4.69, 9.17) is 4.74 Å². The highest BCUT2D eigenvalue weighted by molar-refractivity contribution is 7.10. The van der Waals surface area contributed by atoms with Gasteiger partial charge in [0.2, 0.25) is 0 Å².